The van der Waals surface area contributed by atoms with E-state index in [1.807, 2.05) is 0 Å². The van der Waals surface area contributed by atoms with Crippen LogP contribution in [0.5, 0.6) is 5.75 Å². The van der Waals surface area contributed by atoms with Crippen LogP contribution in [0.15, 0.2) is 23.1 Å². The maximum Gasteiger partial charge on any atom is 0.274 e. The third kappa shape index (κ3) is 3.85. The van der Waals surface area contributed by atoms with E-state index in [9.17, 15) is 32.7 Å². The van der Waals surface area contributed by atoms with E-state index in [2.05, 4.69) is 5.32 Å². The minimum Gasteiger partial charge on any atom is -0.503 e. The van der Waals surface area contributed by atoms with Crippen LogP contribution in [-0.2, 0) is 6.54 Å². The van der Waals surface area contributed by atoms with Crippen molar-refractivity contribution in [1.82, 2.24) is 14.8 Å². The Labute approximate surface area is 181 Å². The van der Waals surface area contributed by atoms with Gasteiger partial charge in [0, 0.05) is 31.4 Å². The van der Waals surface area contributed by atoms with E-state index in [1.54, 1.807) is 0 Å². The number of rotatable bonds is 3. The number of carbonyl (C=O) groups is 2. The zero-order valence-corrected chi connectivity index (χ0v) is 17.3. The number of alkyl halides is 1. The topological polar surface area (TPSA) is 91.6 Å². The summed E-state index contributed by atoms with van der Waals surface area (Å²) in [4.78, 5) is 39.5. The molecule has 2 N–H and O–H groups in total. The minimum atomic E-state index is -1.08. The molecule has 0 spiro atoms. The first-order valence-corrected chi connectivity index (χ1v) is 10.3. The molecule has 4 rings (SSSR count). The Morgan fingerprint density at radius 1 is 1.19 bits per heavy atom. The molecular weight excluding hydrogens is 427 g/mol. The van der Waals surface area contributed by atoms with Gasteiger partial charge in [0.25, 0.3) is 11.8 Å². The Hall–Kier alpha value is -3.30. The van der Waals surface area contributed by atoms with Crippen molar-refractivity contribution in [3.05, 3.63) is 62.6 Å². The second-order valence-electron chi connectivity index (χ2n) is 8.23. The number of aryl methyl sites for hydroxylation is 1. The lowest BCUT2D eigenvalue weighted by atomic mass is 9.98. The van der Waals surface area contributed by atoms with Crippen LogP contribution in [0.25, 0.3) is 0 Å². The van der Waals surface area contributed by atoms with Gasteiger partial charge in [-0.25, -0.2) is 13.2 Å². The van der Waals surface area contributed by atoms with E-state index in [0.717, 1.165) is 18.3 Å². The summed E-state index contributed by atoms with van der Waals surface area (Å²) in [5.41, 5.74) is -1.77. The van der Waals surface area contributed by atoms with Crippen molar-refractivity contribution in [2.45, 2.75) is 44.9 Å². The number of halogens is 3. The molecule has 2 aliphatic rings. The maximum atomic E-state index is 14.0. The van der Waals surface area contributed by atoms with E-state index in [1.165, 1.54) is 16.4 Å². The molecule has 0 aliphatic carbocycles. The predicted molar refractivity (Wildman–Crippen MR) is 108 cm³/mol. The third-order valence-corrected chi connectivity index (χ3v) is 6.01. The normalized spacial score (nSPS) is 20.4. The summed E-state index contributed by atoms with van der Waals surface area (Å²) < 4.78 is 43.4. The standard InChI is InChI=1S/C22H22F3N3O4/c1-11-6-16(24)14(17(25)7-11)8-26-21(31)15-10-28-13-3-2-12(23)4-5-27(9-13)22(32)18(28)20(30)19(15)29/h6-7,10,12-13,30H,2-5,8-9H2,1H3,(H,26,31)/t12-,13-/m0/s1. The second-order valence-corrected chi connectivity index (χ2v) is 8.23. The molecule has 2 atom stereocenters. The molecular formula is C22H22F3N3O4. The minimum absolute atomic E-state index is 0.167. The van der Waals surface area contributed by atoms with Crippen molar-refractivity contribution in [2.24, 2.45) is 0 Å². The average molecular weight is 449 g/mol. The first kappa shape index (κ1) is 21.9. The van der Waals surface area contributed by atoms with E-state index in [4.69, 9.17) is 0 Å². The van der Waals surface area contributed by atoms with Crippen molar-refractivity contribution in [3.63, 3.8) is 0 Å². The van der Waals surface area contributed by atoms with Crippen LogP contribution in [0.3, 0.4) is 0 Å². The van der Waals surface area contributed by atoms with Crippen molar-refractivity contribution in [3.8, 4) is 5.75 Å². The van der Waals surface area contributed by atoms with E-state index >= 15 is 0 Å². The molecule has 2 aliphatic heterocycles. The van der Waals surface area contributed by atoms with Gasteiger partial charge >= 0.3 is 0 Å². The molecule has 0 unspecified atom stereocenters. The number of nitrogens with zero attached hydrogens (tertiary/aromatic N) is 2. The van der Waals surface area contributed by atoms with Gasteiger partial charge in [-0.2, -0.15) is 0 Å². The van der Waals surface area contributed by atoms with E-state index < -0.39 is 58.9 Å². The molecule has 2 amide bonds. The Morgan fingerprint density at radius 2 is 1.88 bits per heavy atom. The van der Waals surface area contributed by atoms with Gasteiger partial charge in [-0.3, -0.25) is 14.4 Å². The lowest BCUT2D eigenvalue weighted by molar-refractivity contribution is 0.0594. The van der Waals surface area contributed by atoms with Crippen LogP contribution in [0, 0.1) is 18.6 Å². The van der Waals surface area contributed by atoms with Gasteiger partial charge in [-0.05, 0) is 43.9 Å². The first-order chi connectivity index (χ1) is 15.2. The van der Waals surface area contributed by atoms with Gasteiger partial charge in [0.15, 0.2) is 11.4 Å². The highest BCUT2D eigenvalue weighted by Gasteiger charge is 2.37. The van der Waals surface area contributed by atoms with Crippen molar-refractivity contribution in [1.29, 1.82) is 0 Å². The smallest absolute Gasteiger partial charge is 0.274 e. The van der Waals surface area contributed by atoms with E-state index in [0.29, 0.717) is 12.0 Å². The summed E-state index contributed by atoms with van der Waals surface area (Å²) in [6.45, 7) is 1.44. The Bertz CT molecular complexity index is 1140. The van der Waals surface area contributed by atoms with Crippen LogP contribution in [-0.4, -0.2) is 45.6 Å². The van der Waals surface area contributed by atoms with Crippen LogP contribution < -0.4 is 10.7 Å². The molecule has 1 aromatic heterocycles. The summed E-state index contributed by atoms with van der Waals surface area (Å²) in [5, 5.41) is 12.8. The number of benzene rings is 1. The first-order valence-electron chi connectivity index (χ1n) is 10.3. The fourth-order valence-electron chi connectivity index (χ4n) is 4.26. The third-order valence-electron chi connectivity index (χ3n) is 6.01. The predicted octanol–water partition coefficient (Wildman–Crippen LogP) is 2.59. The molecule has 3 heterocycles. The highest BCUT2D eigenvalue weighted by molar-refractivity contribution is 5.99. The molecule has 0 saturated carbocycles. The summed E-state index contributed by atoms with van der Waals surface area (Å²) in [5.74, 6) is -4.12. The largest absolute Gasteiger partial charge is 0.503 e. The van der Waals surface area contributed by atoms with Gasteiger partial charge in [-0.1, -0.05) is 0 Å². The SMILES string of the molecule is Cc1cc(F)c(CNC(=O)c2cn3c(c(O)c2=O)C(=O)N2CC[C@@H](F)CC[C@H]3C2)c(F)c1. The van der Waals surface area contributed by atoms with Crippen molar-refractivity contribution < 1.29 is 27.9 Å². The molecule has 2 bridgehead atoms. The number of carbonyl (C=O) groups excluding carboxylic acids is 2. The fourth-order valence-corrected chi connectivity index (χ4v) is 4.26. The number of pyridine rings is 1. The molecule has 170 valence electrons. The maximum absolute atomic E-state index is 14.0. The van der Waals surface area contributed by atoms with Gasteiger partial charge in [-0.15, -0.1) is 0 Å². The zero-order valence-electron chi connectivity index (χ0n) is 17.3. The highest BCUT2D eigenvalue weighted by atomic mass is 19.1. The van der Waals surface area contributed by atoms with E-state index in [-0.39, 0.29) is 37.2 Å². The van der Waals surface area contributed by atoms with Crippen LogP contribution >= 0.6 is 0 Å². The van der Waals surface area contributed by atoms with Gasteiger partial charge in [0.2, 0.25) is 5.43 Å². The quantitative estimate of drug-likeness (QED) is 0.754. The van der Waals surface area contributed by atoms with Crippen LogP contribution in [0.4, 0.5) is 13.2 Å². The Kier molecular flexibility index (Phi) is 5.70. The molecule has 32 heavy (non-hydrogen) atoms. The number of hydrogen-bond donors (Lipinski definition) is 2. The number of aromatic hydroxyl groups is 1. The highest BCUT2D eigenvalue weighted by Crippen LogP contribution is 2.32. The number of aromatic nitrogens is 1. The van der Waals surface area contributed by atoms with Gasteiger partial charge in [0.05, 0.1) is 6.04 Å². The summed E-state index contributed by atoms with van der Waals surface area (Å²) >= 11 is 0. The number of nitrogens with one attached hydrogen (secondary N) is 1. The van der Waals surface area contributed by atoms with Crippen molar-refractivity contribution >= 4 is 11.8 Å². The monoisotopic (exact) mass is 449 g/mol. The molecule has 10 heteroatoms. The number of fused-ring (bicyclic) bond motifs is 4. The average Bonchev–Trinajstić information content (AvgIpc) is 2.72. The van der Waals surface area contributed by atoms with Crippen LogP contribution in [0.2, 0.25) is 0 Å². The van der Waals surface area contributed by atoms with Crippen LogP contribution in [0.1, 0.15) is 57.3 Å². The Balaban J connectivity index is 1.66. The Morgan fingerprint density at radius 3 is 2.56 bits per heavy atom. The van der Waals surface area contributed by atoms with Gasteiger partial charge < -0.3 is 19.9 Å². The molecule has 1 saturated heterocycles. The molecule has 1 aromatic carbocycles. The summed E-state index contributed by atoms with van der Waals surface area (Å²) in [6.07, 6.45) is 0.845. The number of hydrogen-bond acceptors (Lipinski definition) is 4. The number of amides is 2. The fraction of sp³-hybridized carbons (Fsp3) is 0.409. The molecule has 0 radical (unpaired) electrons. The second kappa shape index (κ2) is 8.33. The van der Waals surface area contributed by atoms with Crippen molar-refractivity contribution in [2.75, 3.05) is 13.1 Å². The molecule has 1 fully saturated rings. The summed E-state index contributed by atoms with van der Waals surface area (Å²) in [7, 11) is 0. The molecule has 2 aromatic rings. The molecule has 7 nitrogen and oxygen atoms in total. The van der Waals surface area contributed by atoms with Gasteiger partial charge in [0.1, 0.15) is 23.4 Å². The lowest BCUT2D eigenvalue weighted by Gasteiger charge is -2.38. The zero-order chi connectivity index (χ0) is 23.2. The lowest BCUT2D eigenvalue weighted by Crippen LogP contribution is -2.47. The summed E-state index contributed by atoms with van der Waals surface area (Å²) in [6, 6.07) is 1.81.